The summed E-state index contributed by atoms with van der Waals surface area (Å²) in [5.41, 5.74) is 7.11. The Balaban J connectivity index is 0.000000810. The van der Waals surface area contributed by atoms with Gasteiger partial charge in [-0.1, -0.05) is 0 Å². The molecule has 0 saturated heterocycles. The van der Waals surface area contributed by atoms with Crippen molar-refractivity contribution in [2.45, 2.75) is 6.92 Å². The summed E-state index contributed by atoms with van der Waals surface area (Å²) in [7, 11) is 0. The predicted octanol–water partition coefficient (Wildman–Crippen LogP) is 1.28. The van der Waals surface area contributed by atoms with E-state index in [0.29, 0.717) is 5.69 Å². The van der Waals surface area contributed by atoms with Crippen molar-refractivity contribution in [3.05, 3.63) is 23.8 Å². The van der Waals surface area contributed by atoms with Crippen molar-refractivity contribution in [1.82, 2.24) is 0 Å². The molecule has 0 aliphatic carbocycles. The Morgan fingerprint density at radius 3 is 2.40 bits per heavy atom. The Morgan fingerprint density at radius 2 is 2.00 bits per heavy atom. The fraction of sp³-hybridized carbons (Fsp3) is 0.143. The van der Waals surface area contributed by atoms with Crippen LogP contribution in [0.1, 0.15) is 5.56 Å². The molecule has 2 nitrogen and oxygen atoms in total. The van der Waals surface area contributed by atoms with E-state index in [1.807, 2.05) is 6.92 Å². The number of hydrogen-bond donors (Lipinski definition) is 2. The molecule has 1 radical (unpaired) electrons. The predicted molar refractivity (Wildman–Crippen MR) is 37.3 cm³/mol. The van der Waals surface area contributed by atoms with Crippen molar-refractivity contribution in [2.75, 3.05) is 5.73 Å². The van der Waals surface area contributed by atoms with Crippen LogP contribution in [0.5, 0.6) is 5.75 Å². The van der Waals surface area contributed by atoms with Gasteiger partial charge in [0.1, 0.15) is 5.75 Å². The minimum atomic E-state index is 0. The molecule has 0 aromatic heterocycles. The van der Waals surface area contributed by atoms with Crippen LogP contribution >= 0.6 is 0 Å². The molecule has 1 aromatic carbocycles. The second-order valence-corrected chi connectivity index (χ2v) is 2.04. The van der Waals surface area contributed by atoms with Crippen molar-refractivity contribution in [2.24, 2.45) is 0 Å². The zero-order valence-corrected chi connectivity index (χ0v) is 6.50. The van der Waals surface area contributed by atoms with E-state index in [-0.39, 0.29) is 22.8 Å². The van der Waals surface area contributed by atoms with Gasteiger partial charge in [-0.3, -0.25) is 0 Å². The Morgan fingerprint density at radius 1 is 1.40 bits per heavy atom. The van der Waals surface area contributed by atoms with Gasteiger partial charge in [-0.15, -0.1) is 0 Å². The second kappa shape index (κ2) is 3.49. The molecular weight excluding hydrogens is 178 g/mol. The standard InChI is InChI=1S/C7H9NO.Cu/c1-5-4-6(9)2-3-7(5)8;/h2-4,9H,8H2,1H3;. The largest absolute Gasteiger partial charge is 0.508 e. The van der Waals surface area contributed by atoms with Crippen LogP contribution < -0.4 is 5.73 Å². The third-order valence-electron chi connectivity index (χ3n) is 1.25. The summed E-state index contributed by atoms with van der Waals surface area (Å²) in [6.45, 7) is 1.86. The van der Waals surface area contributed by atoms with Gasteiger partial charge in [-0.2, -0.15) is 0 Å². The molecule has 0 spiro atoms. The minimum absolute atomic E-state index is 0. The summed E-state index contributed by atoms with van der Waals surface area (Å²) < 4.78 is 0. The summed E-state index contributed by atoms with van der Waals surface area (Å²) in [4.78, 5) is 0. The molecule has 0 bridgehead atoms. The van der Waals surface area contributed by atoms with Gasteiger partial charge < -0.3 is 10.8 Å². The molecule has 59 valence electrons. The van der Waals surface area contributed by atoms with Crippen LogP contribution in [0.3, 0.4) is 0 Å². The van der Waals surface area contributed by atoms with E-state index < -0.39 is 0 Å². The van der Waals surface area contributed by atoms with Gasteiger partial charge in [0.25, 0.3) is 0 Å². The van der Waals surface area contributed by atoms with Crippen LogP contribution in [0.2, 0.25) is 0 Å². The van der Waals surface area contributed by atoms with Crippen LogP contribution in [0, 0.1) is 6.92 Å². The Bertz CT molecular complexity index is 225. The van der Waals surface area contributed by atoms with Crippen LogP contribution in [-0.4, -0.2) is 5.11 Å². The van der Waals surface area contributed by atoms with Crippen molar-refractivity contribution in [1.29, 1.82) is 0 Å². The van der Waals surface area contributed by atoms with Crippen LogP contribution in [0.25, 0.3) is 0 Å². The van der Waals surface area contributed by atoms with E-state index in [4.69, 9.17) is 10.8 Å². The maximum absolute atomic E-state index is 8.88. The number of aromatic hydroxyl groups is 1. The molecule has 0 heterocycles. The van der Waals surface area contributed by atoms with Gasteiger partial charge in [0.15, 0.2) is 0 Å². The molecule has 0 fully saturated rings. The van der Waals surface area contributed by atoms with Gasteiger partial charge in [-0.25, -0.2) is 0 Å². The maximum atomic E-state index is 8.88. The SMILES string of the molecule is Cc1cc(O)ccc1N.[Cu]. The minimum Gasteiger partial charge on any atom is -0.508 e. The van der Waals surface area contributed by atoms with Crippen LogP contribution in [0.15, 0.2) is 18.2 Å². The average molecular weight is 187 g/mol. The van der Waals surface area contributed by atoms with Gasteiger partial charge in [0.2, 0.25) is 0 Å². The van der Waals surface area contributed by atoms with Gasteiger partial charge in [-0.05, 0) is 30.7 Å². The zero-order valence-electron chi connectivity index (χ0n) is 5.56. The number of nitrogens with two attached hydrogens (primary N) is 1. The molecule has 1 rings (SSSR count). The fourth-order valence-electron chi connectivity index (χ4n) is 0.660. The fourth-order valence-corrected chi connectivity index (χ4v) is 0.660. The first-order chi connectivity index (χ1) is 4.20. The Labute approximate surface area is 70.5 Å². The molecule has 0 amide bonds. The van der Waals surface area contributed by atoms with Crippen LogP contribution in [-0.2, 0) is 17.1 Å². The van der Waals surface area contributed by atoms with E-state index in [2.05, 4.69) is 0 Å². The van der Waals surface area contributed by atoms with Crippen molar-refractivity contribution in [3.8, 4) is 5.75 Å². The third-order valence-corrected chi connectivity index (χ3v) is 1.25. The topological polar surface area (TPSA) is 46.2 Å². The summed E-state index contributed by atoms with van der Waals surface area (Å²) in [5, 5.41) is 8.88. The molecule has 3 heteroatoms. The van der Waals surface area contributed by atoms with E-state index >= 15 is 0 Å². The normalized spacial score (nSPS) is 8.50. The molecule has 0 aliphatic rings. The first kappa shape index (κ1) is 9.34. The van der Waals surface area contributed by atoms with Crippen molar-refractivity contribution < 1.29 is 22.2 Å². The molecular formula is C7H9CuNO. The number of benzene rings is 1. The number of hydrogen-bond acceptors (Lipinski definition) is 2. The summed E-state index contributed by atoms with van der Waals surface area (Å²) in [6.07, 6.45) is 0. The number of anilines is 1. The summed E-state index contributed by atoms with van der Waals surface area (Å²) in [6, 6.07) is 4.89. The molecule has 10 heavy (non-hydrogen) atoms. The molecule has 0 atom stereocenters. The molecule has 3 N–H and O–H groups in total. The third kappa shape index (κ3) is 1.94. The molecule has 0 saturated carbocycles. The van der Waals surface area contributed by atoms with Crippen molar-refractivity contribution >= 4 is 5.69 Å². The summed E-state index contributed by atoms with van der Waals surface area (Å²) in [5.74, 6) is 0.265. The van der Waals surface area contributed by atoms with E-state index in [0.717, 1.165) is 5.56 Å². The number of phenols is 1. The zero-order chi connectivity index (χ0) is 6.85. The van der Waals surface area contributed by atoms with Crippen molar-refractivity contribution in [3.63, 3.8) is 0 Å². The number of rotatable bonds is 0. The van der Waals surface area contributed by atoms with E-state index in [1.54, 1.807) is 18.2 Å². The van der Waals surface area contributed by atoms with Crippen LogP contribution in [0.4, 0.5) is 5.69 Å². The quantitative estimate of drug-likeness (QED) is 0.364. The van der Waals surface area contributed by atoms with Gasteiger partial charge in [0, 0.05) is 22.8 Å². The van der Waals surface area contributed by atoms with Gasteiger partial charge in [0.05, 0.1) is 0 Å². The molecule has 0 unspecified atom stereocenters. The first-order valence-corrected chi connectivity index (χ1v) is 2.75. The molecule has 0 aliphatic heterocycles. The Kier molecular flexibility index (Phi) is 3.26. The average Bonchev–Trinajstić information content (AvgIpc) is 1.80. The first-order valence-electron chi connectivity index (χ1n) is 2.75. The summed E-state index contributed by atoms with van der Waals surface area (Å²) >= 11 is 0. The smallest absolute Gasteiger partial charge is 0.115 e. The number of aryl methyl sites for hydroxylation is 1. The monoisotopic (exact) mass is 186 g/mol. The number of phenolic OH excluding ortho intramolecular Hbond substituents is 1. The second-order valence-electron chi connectivity index (χ2n) is 2.04. The molecule has 1 aromatic rings. The van der Waals surface area contributed by atoms with E-state index in [9.17, 15) is 0 Å². The Hall–Kier alpha value is -0.661. The maximum Gasteiger partial charge on any atom is 0.115 e. The van der Waals surface area contributed by atoms with E-state index in [1.165, 1.54) is 0 Å². The van der Waals surface area contributed by atoms with Gasteiger partial charge >= 0.3 is 0 Å². The number of nitrogen functional groups attached to an aromatic ring is 1.